The minimum Gasteiger partial charge on any atom is -0.507 e. The molecule has 1 heterocycles. The van der Waals surface area contributed by atoms with Crippen LogP contribution in [0.15, 0.2) is 18.2 Å². The van der Waals surface area contributed by atoms with Gasteiger partial charge in [0.1, 0.15) is 11.6 Å². The van der Waals surface area contributed by atoms with E-state index in [-0.39, 0.29) is 23.3 Å². The predicted molar refractivity (Wildman–Crippen MR) is 57.8 cm³/mol. The molecule has 0 aromatic heterocycles. The summed E-state index contributed by atoms with van der Waals surface area (Å²) in [4.78, 5) is 13.6. The Morgan fingerprint density at radius 2 is 2.38 bits per heavy atom. The largest absolute Gasteiger partial charge is 0.507 e. The molecule has 0 saturated carbocycles. The topological polar surface area (TPSA) is 40.5 Å². The average Bonchev–Trinajstić information content (AvgIpc) is 2.20. The van der Waals surface area contributed by atoms with Gasteiger partial charge in [-0.3, -0.25) is 4.79 Å². The monoisotopic (exact) mass is 223 g/mol. The van der Waals surface area contributed by atoms with Crippen LogP contribution in [0.4, 0.5) is 4.39 Å². The van der Waals surface area contributed by atoms with Crippen LogP contribution in [-0.4, -0.2) is 28.5 Å². The van der Waals surface area contributed by atoms with Crippen LogP contribution in [0, 0.1) is 5.82 Å². The first-order valence-corrected chi connectivity index (χ1v) is 5.43. The molecule has 2 rings (SSSR count). The van der Waals surface area contributed by atoms with Gasteiger partial charge < -0.3 is 10.0 Å². The van der Waals surface area contributed by atoms with Crippen molar-refractivity contribution in [2.75, 3.05) is 6.54 Å². The first-order valence-electron chi connectivity index (χ1n) is 5.43. The van der Waals surface area contributed by atoms with E-state index in [0.717, 1.165) is 25.0 Å². The van der Waals surface area contributed by atoms with E-state index in [1.807, 2.05) is 6.92 Å². The van der Waals surface area contributed by atoms with E-state index < -0.39 is 5.82 Å². The van der Waals surface area contributed by atoms with Gasteiger partial charge in [0.05, 0.1) is 5.56 Å². The van der Waals surface area contributed by atoms with Crippen LogP contribution in [0.25, 0.3) is 0 Å². The van der Waals surface area contributed by atoms with Crippen molar-refractivity contribution >= 4 is 5.91 Å². The van der Waals surface area contributed by atoms with Crippen LogP contribution < -0.4 is 0 Å². The number of hydrogen-bond donors (Lipinski definition) is 1. The number of phenols is 1. The van der Waals surface area contributed by atoms with E-state index >= 15 is 0 Å². The number of carbonyl (C=O) groups excluding carboxylic acids is 1. The summed E-state index contributed by atoms with van der Waals surface area (Å²) in [7, 11) is 0. The zero-order valence-electron chi connectivity index (χ0n) is 9.11. The van der Waals surface area contributed by atoms with E-state index in [4.69, 9.17) is 0 Å². The zero-order chi connectivity index (χ0) is 11.7. The molecule has 1 N–H and O–H groups in total. The summed E-state index contributed by atoms with van der Waals surface area (Å²) >= 11 is 0. The summed E-state index contributed by atoms with van der Waals surface area (Å²) in [5.41, 5.74) is 0.0538. The molecule has 1 amide bonds. The Bertz CT molecular complexity index is 417. The van der Waals surface area contributed by atoms with Crippen molar-refractivity contribution in [3.8, 4) is 5.75 Å². The number of carbonyl (C=O) groups is 1. The molecule has 3 nitrogen and oxygen atoms in total. The van der Waals surface area contributed by atoms with Crippen molar-refractivity contribution in [3.63, 3.8) is 0 Å². The molecule has 16 heavy (non-hydrogen) atoms. The number of benzene rings is 1. The molecule has 1 fully saturated rings. The molecule has 0 unspecified atom stereocenters. The highest BCUT2D eigenvalue weighted by molar-refractivity contribution is 5.97. The molecular weight excluding hydrogens is 209 g/mol. The fourth-order valence-corrected chi connectivity index (χ4v) is 1.97. The Morgan fingerprint density at radius 3 is 2.94 bits per heavy atom. The van der Waals surface area contributed by atoms with Crippen LogP contribution in [0.2, 0.25) is 0 Å². The van der Waals surface area contributed by atoms with Gasteiger partial charge in [0, 0.05) is 12.6 Å². The lowest BCUT2D eigenvalue weighted by atomic mass is 9.98. The lowest BCUT2D eigenvalue weighted by molar-refractivity contribution is 0.0452. The Hall–Kier alpha value is -1.58. The normalized spacial score (nSPS) is 19.4. The Morgan fingerprint density at radius 1 is 1.62 bits per heavy atom. The number of amides is 1. The number of aromatic hydroxyl groups is 1. The SMILES string of the molecule is CC[C@H]1CCN1C(=O)c1cc(F)ccc1O. The minimum atomic E-state index is -0.505. The van der Waals surface area contributed by atoms with E-state index in [9.17, 15) is 14.3 Å². The second-order valence-electron chi connectivity index (χ2n) is 4.01. The van der Waals surface area contributed by atoms with Crippen molar-refractivity contribution in [1.29, 1.82) is 0 Å². The fraction of sp³-hybridized carbons (Fsp3) is 0.417. The van der Waals surface area contributed by atoms with Crippen LogP contribution in [-0.2, 0) is 0 Å². The zero-order valence-corrected chi connectivity index (χ0v) is 9.11. The van der Waals surface area contributed by atoms with Gasteiger partial charge in [-0.05, 0) is 31.0 Å². The van der Waals surface area contributed by atoms with Crippen LogP contribution in [0.1, 0.15) is 30.1 Å². The predicted octanol–water partition coefficient (Wildman–Crippen LogP) is 2.16. The highest BCUT2D eigenvalue weighted by Gasteiger charge is 2.32. The minimum absolute atomic E-state index is 0.0538. The maximum absolute atomic E-state index is 13.0. The summed E-state index contributed by atoms with van der Waals surface area (Å²) in [5.74, 6) is -0.946. The van der Waals surface area contributed by atoms with Crippen molar-refractivity contribution < 1.29 is 14.3 Å². The lowest BCUT2D eigenvalue weighted by Crippen LogP contribution is -2.50. The van der Waals surface area contributed by atoms with Gasteiger partial charge in [0.2, 0.25) is 0 Å². The number of rotatable bonds is 2. The van der Waals surface area contributed by atoms with Crippen LogP contribution in [0.3, 0.4) is 0 Å². The summed E-state index contributed by atoms with van der Waals surface area (Å²) in [6, 6.07) is 3.67. The molecule has 1 atom stereocenters. The molecule has 1 aromatic carbocycles. The third kappa shape index (κ3) is 1.75. The number of halogens is 1. The quantitative estimate of drug-likeness (QED) is 0.834. The lowest BCUT2D eigenvalue weighted by Gasteiger charge is -2.40. The molecule has 1 aliphatic rings. The number of nitrogens with zero attached hydrogens (tertiary/aromatic N) is 1. The second kappa shape index (κ2) is 4.12. The van der Waals surface area contributed by atoms with Gasteiger partial charge >= 0.3 is 0 Å². The Labute approximate surface area is 93.5 Å². The highest BCUT2D eigenvalue weighted by Crippen LogP contribution is 2.26. The number of phenolic OH excluding ortho intramolecular Hbond substituents is 1. The van der Waals surface area contributed by atoms with E-state index in [1.165, 1.54) is 6.07 Å². The number of hydrogen-bond acceptors (Lipinski definition) is 2. The summed E-state index contributed by atoms with van der Waals surface area (Å²) in [6.45, 7) is 2.70. The maximum Gasteiger partial charge on any atom is 0.257 e. The summed E-state index contributed by atoms with van der Waals surface area (Å²) in [6.07, 6.45) is 1.88. The molecule has 86 valence electrons. The van der Waals surface area contributed by atoms with Gasteiger partial charge in [-0.25, -0.2) is 4.39 Å². The summed E-state index contributed by atoms with van der Waals surface area (Å²) < 4.78 is 13.0. The molecule has 1 aliphatic heterocycles. The highest BCUT2D eigenvalue weighted by atomic mass is 19.1. The number of likely N-dealkylation sites (tertiary alicyclic amines) is 1. The third-order valence-electron chi connectivity index (χ3n) is 3.07. The average molecular weight is 223 g/mol. The Balaban J connectivity index is 2.23. The van der Waals surface area contributed by atoms with Crippen LogP contribution >= 0.6 is 0 Å². The molecule has 0 aliphatic carbocycles. The van der Waals surface area contributed by atoms with Gasteiger partial charge in [0.25, 0.3) is 5.91 Å². The molecule has 1 aromatic rings. The molecular formula is C12H14FNO2. The van der Waals surface area contributed by atoms with Crippen LogP contribution in [0.5, 0.6) is 5.75 Å². The molecule has 0 spiro atoms. The molecule has 0 radical (unpaired) electrons. The van der Waals surface area contributed by atoms with E-state index in [0.29, 0.717) is 6.54 Å². The second-order valence-corrected chi connectivity index (χ2v) is 4.01. The van der Waals surface area contributed by atoms with E-state index in [1.54, 1.807) is 4.90 Å². The van der Waals surface area contributed by atoms with Gasteiger partial charge in [0.15, 0.2) is 0 Å². The molecule has 4 heteroatoms. The van der Waals surface area contributed by atoms with Crippen molar-refractivity contribution in [3.05, 3.63) is 29.6 Å². The smallest absolute Gasteiger partial charge is 0.257 e. The van der Waals surface area contributed by atoms with Crippen molar-refractivity contribution in [2.45, 2.75) is 25.8 Å². The molecule has 0 bridgehead atoms. The Kier molecular flexibility index (Phi) is 2.81. The fourth-order valence-electron chi connectivity index (χ4n) is 1.97. The third-order valence-corrected chi connectivity index (χ3v) is 3.07. The van der Waals surface area contributed by atoms with Crippen molar-refractivity contribution in [2.24, 2.45) is 0 Å². The van der Waals surface area contributed by atoms with E-state index in [2.05, 4.69) is 0 Å². The summed E-state index contributed by atoms with van der Waals surface area (Å²) in [5, 5.41) is 9.52. The van der Waals surface area contributed by atoms with Gasteiger partial charge in [-0.2, -0.15) is 0 Å². The maximum atomic E-state index is 13.0. The van der Waals surface area contributed by atoms with Crippen molar-refractivity contribution in [1.82, 2.24) is 4.90 Å². The first-order chi connectivity index (χ1) is 7.63. The molecule has 1 saturated heterocycles. The van der Waals surface area contributed by atoms with Gasteiger partial charge in [-0.1, -0.05) is 6.92 Å². The van der Waals surface area contributed by atoms with Gasteiger partial charge in [-0.15, -0.1) is 0 Å². The standard InChI is InChI=1S/C12H14FNO2/c1-2-9-5-6-14(9)12(16)10-7-8(13)3-4-11(10)15/h3-4,7,9,15H,2,5-6H2,1H3/t9-/m0/s1. The first kappa shape index (κ1) is 10.9.